The SMILES string of the molecule is Cc1ccc(NC(=S)/C(=N\NC(N)=S)c2ccccc2)cc1. The van der Waals surface area contributed by atoms with Crippen molar-refractivity contribution in [1.29, 1.82) is 0 Å². The van der Waals surface area contributed by atoms with Crippen molar-refractivity contribution in [2.45, 2.75) is 6.92 Å². The Kier molecular flexibility index (Phi) is 5.57. The van der Waals surface area contributed by atoms with Gasteiger partial charge in [-0.3, -0.25) is 5.43 Å². The number of rotatable bonds is 4. The highest BCUT2D eigenvalue weighted by atomic mass is 32.1. The summed E-state index contributed by atoms with van der Waals surface area (Å²) in [5.74, 6) is 0. The molecular weight excluding hydrogens is 312 g/mol. The van der Waals surface area contributed by atoms with Gasteiger partial charge >= 0.3 is 0 Å². The zero-order valence-electron chi connectivity index (χ0n) is 12.0. The van der Waals surface area contributed by atoms with E-state index in [0.29, 0.717) is 10.7 Å². The summed E-state index contributed by atoms with van der Waals surface area (Å²) in [7, 11) is 0. The minimum atomic E-state index is 0.0894. The predicted octanol–water partition coefficient (Wildman–Crippen LogP) is 2.97. The van der Waals surface area contributed by atoms with E-state index in [2.05, 4.69) is 15.8 Å². The molecule has 0 unspecified atom stereocenters. The van der Waals surface area contributed by atoms with Crippen molar-refractivity contribution in [2.75, 3.05) is 5.32 Å². The van der Waals surface area contributed by atoms with Gasteiger partial charge in [-0.05, 0) is 31.3 Å². The van der Waals surface area contributed by atoms with Gasteiger partial charge in [-0.25, -0.2) is 0 Å². The normalized spacial score (nSPS) is 10.9. The van der Waals surface area contributed by atoms with Crippen molar-refractivity contribution in [3.63, 3.8) is 0 Å². The van der Waals surface area contributed by atoms with Crippen molar-refractivity contribution < 1.29 is 0 Å². The van der Waals surface area contributed by atoms with Crippen LogP contribution in [0.25, 0.3) is 0 Å². The summed E-state index contributed by atoms with van der Waals surface area (Å²) in [5, 5.41) is 7.46. The van der Waals surface area contributed by atoms with E-state index in [9.17, 15) is 0 Å². The Labute approximate surface area is 140 Å². The third kappa shape index (κ3) is 4.61. The smallest absolute Gasteiger partial charge is 0.184 e. The average Bonchev–Trinajstić information content (AvgIpc) is 2.50. The lowest BCUT2D eigenvalue weighted by atomic mass is 10.1. The molecule has 0 aliphatic heterocycles. The fourth-order valence-electron chi connectivity index (χ4n) is 1.78. The van der Waals surface area contributed by atoms with Gasteiger partial charge in [0, 0.05) is 11.3 Å². The Morgan fingerprint density at radius 2 is 1.64 bits per heavy atom. The maximum atomic E-state index is 5.46. The highest BCUT2D eigenvalue weighted by Gasteiger charge is 2.10. The number of benzene rings is 2. The van der Waals surface area contributed by atoms with Crippen molar-refractivity contribution in [3.05, 3.63) is 65.7 Å². The molecule has 22 heavy (non-hydrogen) atoms. The molecule has 0 saturated carbocycles. The van der Waals surface area contributed by atoms with E-state index >= 15 is 0 Å². The number of hydrogen-bond acceptors (Lipinski definition) is 3. The van der Waals surface area contributed by atoms with Gasteiger partial charge in [-0.2, -0.15) is 5.10 Å². The second-order valence-corrected chi connectivity index (χ2v) is 5.47. The zero-order valence-corrected chi connectivity index (χ0v) is 13.7. The van der Waals surface area contributed by atoms with E-state index in [4.69, 9.17) is 30.2 Å². The van der Waals surface area contributed by atoms with Crippen molar-refractivity contribution in [1.82, 2.24) is 5.43 Å². The first-order valence-electron chi connectivity index (χ1n) is 6.63. The molecule has 0 fully saturated rings. The lowest BCUT2D eigenvalue weighted by Gasteiger charge is -2.11. The van der Waals surface area contributed by atoms with Gasteiger partial charge in [-0.1, -0.05) is 60.2 Å². The molecule has 0 aliphatic carbocycles. The van der Waals surface area contributed by atoms with Gasteiger partial charge in [0.05, 0.1) is 0 Å². The summed E-state index contributed by atoms with van der Waals surface area (Å²) < 4.78 is 0. The Bertz CT molecular complexity index is 694. The van der Waals surface area contributed by atoms with Crippen molar-refractivity contribution >= 4 is 45.9 Å². The number of nitrogens with two attached hydrogens (primary N) is 1. The highest BCUT2D eigenvalue weighted by molar-refractivity contribution is 7.82. The molecule has 0 aliphatic rings. The monoisotopic (exact) mass is 328 g/mol. The first-order chi connectivity index (χ1) is 10.6. The Morgan fingerprint density at radius 3 is 2.23 bits per heavy atom. The lowest BCUT2D eigenvalue weighted by molar-refractivity contribution is 1.04. The van der Waals surface area contributed by atoms with Crippen LogP contribution in [0.3, 0.4) is 0 Å². The number of nitrogens with zero attached hydrogens (tertiary/aromatic N) is 1. The maximum absolute atomic E-state index is 5.46. The Balaban J connectivity index is 2.24. The quantitative estimate of drug-likeness (QED) is 0.457. The fourth-order valence-corrected chi connectivity index (χ4v) is 2.11. The number of hydrazone groups is 1. The summed E-state index contributed by atoms with van der Waals surface area (Å²) in [6.45, 7) is 2.03. The van der Waals surface area contributed by atoms with E-state index < -0.39 is 0 Å². The predicted molar refractivity (Wildman–Crippen MR) is 100 cm³/mol. The molecule has 0 aromatic heterocycles. The molecule has 0 saturated heterocycles. The second-order valence-electron chi connectivity index (χ2n) is 4.62. The van der Waals surface area contributed by atoms with Gasteiger partial charge in [0.1, 0.15) is 10.7 Å². The fraction of sp³-hybridized carbons (Fsp3) is 0.0625. The third-order valence-corrected chi connectivity index (χ3v) is 3.24. The van der Waals surface area contributed by atoms with Gasteiger partial charge < -0.3 is 11.1 Å². The van der Waals surface area contributed by atoms with Gasteiger partial charge in [-0.15, -0.1) is 0 Å². The highest BCUT2D eigenvalue weighted by Crippen LogP contribution is 2.11. The van der Waals surface area contributed by atoms with Gasteiger partial charge in [0.25, 0.3) is 0 Å². The van der Waals surface area contributed by atoms with Crippen LogP contribution in [0.15, 0.2) is 59.7 Å². The van der Waals surface area contributed by atoms with Gasteiger partial charge in [0.15, 0.2) is 5.11 Å². The molecule has 2 rings (SSSR count). The number of thiocarbonyl (C=S) groups is 2. The number of nitrogens with one attached hydrogen (secondary N) is 2. The van der Waals surface area contributed by atoms with E-state index in [-0.39, 0.29) is 5.11 Å². The largest absolute Gasteiger partial charge is 0.375 e. The standard InChI is InChI=1S/C16H16N4S2/c1-11-7-9-13(10-8-11)18-15(21)14(19-20-16(17)22)12-5-3-2-4-6-12/h2-10H,1H3,(H,18,21)(H3,17,20,22)/b19-14-. The summed E-state index contributed by atoms with van der Waals surface area (Å²) in [6.07, 6.45) is 0. The second kappa shape index (κ2) is 7.63. The van der Waals surface area contributed by atoms with Crippen LogP contribution < -0.4 is 16.5 Å². The van der Waals surface area contributed by atoms with Crippen LogP contribution in [-0.2, 0) is 0 Å². The van der Waals surface area contributed by atoms with E-state index in [1.54, 1.807) is 0 Å². The Hall–Kier alpha value is -2.31. The Morgan fingerprint density at radius 1 is 1.00 bits per heavy atom. The van der Waals surface area contributed by atoms with Gasteiger partial charge in [0.2, 0.25) is 0 Å². The summed E-state index contributed by atoms with van der Waals surface area (Å²) >= 11 is 10.2. The van der Waals surface area contributed by atoms with Crippen LogP contribution in [-0.4, -0.2) is 15.8 Å². The summed E-state index contributed by atoms with van der Waals surface area (Å²) in [6, 6.07) is 17.6. The first-order valence-corrected chi connectivity index (χ1v) is 7.44. The van der Waals surface area contributed by atoms with E-state index in [1.165, 1.54) is 5.56 Å². The molecule has 0 bridgehead atoms. The minimum absolute atomic E-state index is 0.0894. The van der Waals surface area contributed by atoms with Crippen LogP contribution in [0.4, 0.5) is 5.69 Å². The van der Waals surface area contributed by atoms with Crippen molar-refractivity contribution in [2.24, 2.45) is 10.8 Å². The molecule has 2 aromatic carbocycles. The topological polar surface area (TPSA) is 62.4 Å². The minimum Gasteiger partial charge on any atom is -0.375 e. The van der Waals surface area contributed by atoms with Crippen LogP contribution in [0.1, 0.15) is 11.1 Å². The van der Waals surface area contributed by atoms with Crippen LogP contribution >= 0.6 is 24.4 Å². The molecule has 2 aromatic rings. The third-order valence-electron chi connectivity index (χ3n) is 2.85. The maximum Gasteiger partial charge on any atom is 0.184 e. The number of aryl methyl sites for hydroxylation is 1. The number of hydrogen-bond donors (Lipinski definition) is 3. The molecular formula is C16H16N4S2. The summed E-state index contributed by atoms with van der Waals surface area (Å²) in [5.41, 5.74) is 11.6. The molecule has 4 nitrogen and oxygen atoms in total. The molecule has 0 radical (unpaired) electrons. The number of anilines is 1. The molecule has 112 valence electrons. The lowest BCUT2D eigenvalue weighted by Crippen LogP contribution is -2.29. The van der Waals surface area contributed by atoms with Crippen LogP contribution in [0.5, 0.6) is 0 Å². The first kappa shape index (κ1) is 16.1. The van der Waals surface area contributed by atoms with Crippen LogP contribution in [0, 0.1) is 6.92 Å². The molecule has 0 amide bonds. The molecule has 4 N–H and O–H groups in total. The van der Waals surface area contributed by atoms with Crippen molar-refractivity contribution in [3.8, 4) is 0 Å². The van der Waals surface area contributed by atoms with Crippen LogP contribution in [0.2, 0.25) is 0 Å². The van der Waals surface area contributed by atoms with E-state index in [0.717, 1.165) is 11.3 Å². The molecule has 0 spiro atoms. The molecule has 0 atom stereocenters. The van der Waals surface area contributed by atoms with E-state index in [1.807, 2.05) is 61.5 Å². The zero-order chi connectivity index (χ0) is 15.9. The molecule has 0 heterocycles. The molecule has 6 heteroatoms. The average molecular weight is 328 g/mol. The summed E-state index contributed by atoms with van der Waals surface area (Å²) in [4.78, 5) is 0.485.